The zero-order chi connectivity index (χ0) is 15.4. The number of benzene rings is 2. The van der Waals surface area contributed by atoms with Gasteiger partial charge >= 0.3 is 0 Å². The summed E-state index contributed by atoms with van der Waals surface area (Å²) >= 11 is 0. The Morgan fingerprint density at radius 1 is 1.00 bits per heavy atom. The molecule has 0 spiro atoms. The van der Waals surface area contributed by atoms with Crippen LogP contribution < -0.4 is 0 Å². The Morgan fingerprint density at radius 3 is 2.41 bits per heavy atom. The highest BCUT2D eigenvalue weighted by Crippen LogP contribution is 2.20. The molecule has 0 radical (unpaired) electrons. The lowest BCUT2D eigenvalue weighted by atomic mass is 9.88. The Morgan fingerprint density at radius 2 is 1.73 bits per heavy atom. The Hall–Kier alpha value is -1.93. The van der Waals surface area contributed by atoms with E-state index in [-0.39, 0.29) is 5.92 Å². The van der Waals surface area contributed by atoms with E-state index in [2.05, 4.69) is 60.4 Å². The van der Waals surface area contributed by atoms with E-state index in [0.717, 1.165) is 25.9 Å². The standard InChI is InChI=1S/C20H23NO/c1-16-7-9-17(10-8-16)13-19-11-12-21(15-20(19)22)14-18-5-3-2-4-6-18/h2-10,19H,11-15H2,1H3. The van der Waals surface area contributed by atoms with Crippen LogP contribution >= 0.6 is 0 Å². The number of piperidine rings is 1. The maximum atomic E-state index is 12.4. The Labute approximate surface area is 132 Å². The first-order chi connectivity index (χ1) is 10.7. The fourth-order valence-corrected chi connectivity index (χ4v) is 3.13. The number of carbonyl (C=O) groups is 1. The van der Waals surface area contributed by atoms with Crippen LogP contribution in [0.5, 0.6) is 0 Å². The van der Waals surface area contributed by atoms with Gasteiger partial charge in [0.05, 0.1) is 6.54 Å². The third-order valence-corrected chi connectivity index (χ3v) is 4.48. The van der Waals surface area contributed by atoms with Crippen LogP contribution in [0.15, 0.2) is 54.6 Å². The van der Waals surface area contributed by atoms with Crippen molar-refractivity contribution in [3.05, 3.63) is 71.3 Å². The van der Waals surface area contributed by atoms with Gasteiger partial charge in [-0.3, -0.25) is 9.69 Å². The van der Waals surface area contributed by atoms with Crippen LogP contribution in [0, 0.1) is 12.8 Å². The summed E-state index contributed by atoms with van der Waals surface area (Å²) in [6.45, 7) is 4.57. The summed E-state index contributed by atoms with van der Waals surface area (Å²) in [5.74, 6) is 0.581. The van der Waals surface area contributed by atoms with Crippen LogP contribution in [0.2, 0.25) is 0 Å². The van der Waals surface area contributed by atoms with Gasteiger partial charge in [0.2, 0.25) is 0 Å². The summed E-state index contributed by atoms with van der Waals surface area (Å²) in [4.78, 5) is 14.7. The molecule has 2 heteroatoms. The van der Waals surface area contributed by atoms with Gasteiger partial charge in [0.1, 0.15) is 5.78 Å². The third-order valence-electron chi connectivity index (χ3n) is 4.48. The van der Waals surface area contributed by atoms with E-state index in [0.29, 0.717) is 12.3 Å². The molecular weight excluding hydrogens is 270 g/mol. The van der Waals surface area contributed by atoms with Crippen LogP contribution in [-0.2, 0) is 17.8 Å². The summed E-state index contributed by atoms with van der Waals surface area (Å²) in [6, 6.07) is 19.0. The molecule has 1 saturated heterocycles. The van der Waals surface area contributed by atoms with E-state index >= 15 is 0 Å². The number of Topliss-reactive ketones (excluding diaryl/α,β-unsaturated/α-hetero) is 1. The first-order valence-corrected chi connectivity index (χ1v) is 8.05. The number of hydrogen-bond acceptors (Lipinski definition) is 2. The molecule has 0 bridgehead atoms. The second-order valence-corrected chi connectivity index (χ2v) is 6.34. The number of likely N-dealkylation sites (tertiary alicyclic amines) is 1. The number of aryl methyl sites for hydroxylation is 1. The summed E-state index contributed by atoms with van der Waals surface area (Å²) in [7, 11) is 0. The van der Waals surface area contributed by atoms with Gasteiger partial charge in [-0.1, -0.05) is 60.2 Å². The molecule has 0 N–H and O–H groups in total. The molecule has 2 nitrogen and oxygen atoms in total. The Bertz CT molecular complexity index is 618. The number of nitrogens with zero attached hydrogens (tertiary/aromatic N) is 1. The van der Waals surface area contributed by atoms with Gasteiger partial charge in [-0.05, 0) is 37.4 Å². The number of carbonyl (C=O) groups excluding carboxylic acids is 1. The molecule has 114 valence electrons. The van der Waals surface area contributed by atoms with Gasteiger partial charge in [0, 0.05) is 12.5 Å². The number of hydrogen-bond donors (Lipinski definition) is 0. The number of ketones is 1. The SMILES string of the molecule is Cc1ccc(CC2CCN(Cc3ccccc3)CC2=O)cc1. The lowest BCUT2D eigenvalue weighted by molar-refractivity contribution is -0.126. The smallest absolute Gasteiger partial charge is 0.150 e. The molecule has 0 saturated carbocycles. The highest BCUT2D eigenvalue weighted by molar-refractivity contribution is 5.84. The van der Waals surface area contributed by atoms with Gasteiger partial charge in [0.25, 0.3) is 0 Å². The van der Waals surface area contributed by atoms with Gasteiger partial charge in [0.15, 0.2) is 0 Å². The Kier molecular flexibility index (Phi) is 4.69. The summed E-state index contributed by atoms with van der Waals surface area (Å²) in [5.41, 5.74) is 3.83. The topological polar surface area (TPSA) is 20.3 Å². The van der Waals surface area contributed by atoms with Crippen molar-refractivity contribution in [1.82, 2.24) is 4.90 Å². The van der Waals surface area contributed by atoms with Gasteiger partial charge in [-0.25, -0.2) is 0 Å². The van der Waals surface area contributed by atoms with E-state index in [1.54, 1.807) is 0 Å². The minimum Gasteiger partial charge on any atom is -0.298 e. The molecule has 1 atom stereocenters. The zero-order valence-corrected chi connectivity index (χ0v) is 13.2. The van der Waals surface area contributed by atoms with Gasteiger partial charge < -0.3 is 0 Å². The van der Waals surface area contributed by atoms with E-state index in [9.17, 15) is 4.79 Å². The molecule has 22 heavy (non-hydrogen) atoms. The van der Waals surface area contributed by atoms with Crippen molar-refractivity contribution in [3.8, 4) is 0 Å². The van der Waals surface area contributed by atoms with Crippen molar-refractivity contribution < 1.29 is 4.79 Å². The average molecular weight is 293 g/mol. The van der Waals surface area contributed by atoms with E-state index in [1.165, 1.54) is 16.7 Å². The average Bonchev–Trinajstić information content (AvgIpc) is 2.53. The molecule has 0 aromatic heterocycles. The molecule has 1 aliphatic heterocycles. The first kappa shape index (κ1) is 15.0. The lowest BCUT2D eigenvalue weighted by Crippen LogP contribution is -2.41. The molecule has 1 aliphatic rings. The summed E-state index contributed by atoms with van der Waals surface area (Å²) < 4.78 is 0. The van der Waals surface area contributed by atoms with Crippen molar-refractivity contribution >= 4 is 5.78 Å². The first-order valence-electron chi connectivity index (χ1n) is 8.05. The predicted molar refractivity (Wildman–Crippen MR) is 89.7 cm³/mol. The molecule has 0 aliphatic carbocycles. The van der Waals surface area contributed by atoms with Gasteiger partial charge in [-0.2, -0.15) is 0 Å². The predicted octanol–water partition coefficient (Wildman–Crippen LogP) is 3.63. The van der Waals surface area contributed by atoms with Crippen LogP contribution in [0.4, 0.5) is 0 Å². The van der Waals surface area contributed by atoms with E-state index in [4.69, 9.17) is 0 Å². The van der Waals surface area contributed by atoms with Crippen molar-refractivity contribution in [3.63, 3.8) is 0 Å². The van der Waals surface area contributed by atoms with Crippen molar-refractivity contribution in [2.75, 3.05) is 13.1 Å². The van der Waals surface area contributed by atoms with Crippen molar-refractivity contribution in [2.24, 2.45) is 5.92 Å². The number of rotatable bonds is 4. The fourth-order valence-electron chi connectivity index (χ4n) is 3.13. The molecule has 1 fully saturated rings. The molecule has 0 amide bonds. The normalized spacial score (nSPS) is 19.3. The minimum atomic E-state index is 0.190. The maximum absolute atomic E-state index is 12.4. The quantitative estimate of drug-likeness (QED) is 0.858. The maximum Gasteiger partial charge on any atom is 0.150 e. The molecule has 1 heterocycles. The molecule has 1 unspecified atom stereocenters. The largest absolute Gasteiger partial charge is 0.298 e. The fraction of sp³-hybridized carbons (Fsp3) is 0.350. The van der Waals surface area contributed by atoms with Crippen molar-refractivity contribution in [2.45, 2.75) is 26.3 Å². The van der Waals surface area contributed by atoms with Crippen LogP contribution in [-0.4, -0.2) is 23.8 Å². The molecule has 3 rings (SSSR count). The zero-order valence-electron chi connectivity index (χ0n) is 13.2. The summed E-state index contributed by atoms with van der Waals surface area (Å²) in [6.07, 6.45) is 1.86. The Balaban J connectivity index is 1.56. The third kappa shape index (κ3) is 3.83. The minimum absolute atomic E-state index is 0.190. The lowest BCUT2D eigenvalue weighted by Gasteiger charge is -2.31. The monoisotopic (exact) mass is 293 g/mol. The molecule has 2 aromatic rings. The highest BCUT2D eigenvalue weighted by atomic mass is 16.1. The van der Waals surface area contributed by atoms with Crippen LogP contribution in [0.3, 0.4) is 0 Å². The highest BCUT2D eigenvalue weighted by Gasteiger charge is 2.26. The molecule has 2 aromatic carbocycles. The van der Waals surface area contributed by atoms with Crippen molar-refractivity contribution in [1.29, 1.82) is 0 Å². The summed E-state index contributed by atoms with van der Waals surface area (Å²) in [5, 5.41) is 0. The van der Waals surface area contributed by atoms with Crippen LogP contribution in [0.25, 0.3) is 0 Å². The molecular formula is C20H23NO. The van der Waals surface area contributed by atoms with E-state index < -0.39 is 0 Å². The second-order valence-electron chi connectivity index (χ2n) is 6.34. The van der Waals surface area contributed by atoms with Gasteiger partial charge in [-0.15, -0.1) is 0 Å². The second kappa shape index (κ2) is 6.89. The van der Waals surface area contributed by atoms with Crippen LogP contribution in [0.1, 0.15) is 23.1 Å². The van der Waals surface area contributed by atoms with E-state index in [1.807, 2.05) is 6.07 Å².